The van der Waals surface area contributed by atoms with Crippen molar-refractivity contribution in [2.75, 3.05) is 0 Å². The first-order valence-electron chi connectivity index (χ1n) is 11.7. The summed E-state index contributed by atoms with van der Waals surface area (Å²) >= 11 is 3.89. The maximum atomic E-state index is 2.44. The Balaban J connectivity index is 1.45. The number of rotatable bonds is 6. The van der Waals surface area contributed by atoms with Crippen LogP contribution in [0.4, 0.5) is 0 Å². The quantitative estimate of drug-likeness (QED) is 0.221. The molecule has 2 aromatic heterocycles. The predicted molar refractivity (Wildman–Crippen MR) is 146 cm³/mol. The van der Waals surface area contributed by atoms with Gasteiger partial charge in [0.05, 0.1) is 9.40 Å². The molecule has 0 amide bonds. The smallest absolute Gasteiger partial charge is 0.0542 e. The van der Waals surface area contributed by atoms with E-state index in [9.17, 15) is 0 Å². The fourth-order valence-electron chi connectivity index (χ4n) is 4.77. The average molecular weight is 451 g/mol. The second kappa shape index (κ2) is 8.35. The lowest BCUT2D eigenvalue weighted by Gasteiger charge is -2.05. The molecule has 2 heterocycles. The van der Waals surface area contributed by atoms with E-state index in [1.807, 2.05) is 22.7 Å². The molecule has 158 valence electrons. The van der Waals surface area contributed by atoms with Crippen LogP contribution >= 0.6 is 22.7 Å². The van der Waals surface area contributed by atoms with Gasteiger partial charge in [-0.3, -0.25) is 0 Å². The van der Waals surface area contributed by atoms with Crippen molar-refractivity contribution in [2.24, 2.45) is 0 Å². The summed E-state index contributed by atoms with van der Waals surface area (Å²) in [6.45, 7) is 2.28. The van der Waals surface area contributed by atoms with Crippen LogP contribution in [0.1, 0.15) is 38.2 Å². The number of fused-ring (bicyclic) bond motifs is 6. The van der Waals surface area contributed by atoms with Crippen molar-refractivity contribution in [3.63, 3.8) is 0 Å². The van der Waals surface area contributed by atoms with E-state index in [0.29, 0.717) is 0 Å². The molecule has 0 spiro atoms. The number of thiophene rings is 2. The average Bonchev–Trinajstić information content (AvgIpc) is 3.36. The van der Waals surface area contributed by atoms with Gasteiger partial charge >= 0.3 is 0 Å². The first-order valence-corrected chi connectivity index (χ1v) is 13.3. The van der Waals surface area contributed by atoms with Gasteiger partial charge in [0.15, 0.2) is 0 Å². The second-order valence-electron chi connectivity index (χ2n) is 8.78. The zero-order chi connectivity index (χ0) is 21.5. The Hall–Kier alpha value is -2.68. The number of unbranched alkanes of at least 4 members (excludes halogenated alkanes) is 3. The lowest BCUT2D eigenvalue weighted by atomic mass is 10.0. The second-order valence-corrected chi connectivity index (χ2v) is 10.9. The normalized spacial score (nSPS) is 11.9. The van der Waals surface area contributed by atoms with Crippen molar-refractivity contribution < 1.29 is 0 Å². The van der Waals surface area contributed by atoms with Gasteiger partial charge in [-0.15, -0.1) is 22.7 Å². The van der Waals surface area contributed by atoms with Gasteiger partial charge in [0, 0.05) is 20.2 Å². The van der Waals surface area contributed by atoms with Crippen LogP contribution in [0.25, 0.3) is 51.5 Å². The van der Waals surface area contributed by atoms with Gasteiger partial charge in [-0.05, 0) is 64.6 Å². The SMILES string of the molecule is CCCCCCc1ccc2cc3sc4c5cc(-c6ccccc6)ccc5sc4c3cc2c1. The molecular weight excluding hydrogens is 424 g/mol. The molecule has 0 saturated heterocycles. The third-order valence-electron chi connectivity index (χ3n) is 6.53. The van der Waals surface area contributed by atoms with Gasteiger partial charge in [-0.1, -0.05) is 80.8 Å². The highest BCUT2D eigenvalue weighted by Gasteiger charge is 2.14. The zero-order valence-electron chi connectivity index (χ0n) is 18.4. The standard InChI is InChI=1S/C30H26S2/c1-2-3-4-6-9-20-12-13-23-19-28-26(18-24(23)16-20)30-29(32-28)25-17-22(14-15-27(25)31-30)21-10-7-5-8-11-21/h5,7-8,10-19H,2-4,6,9H2,1H3. The topological polar surface area (TPSA) is 0 Å². The van der Waals surface area contributed by atoms with Gasteiger partial charge in [0.25, 0.3) is 0 Å². The molecule has 0 aliphatic carbocycles. The van der Waals surface area contributed by atoms with Gasteiger partial charge in [-0.2, -0.15) is 0 Å². The number of hydrogen-bond acceptors (Lipinski definition) is 2. The highest BCUT2D eigenvalue weighted by atomic mass is 32.1. The van der Waals surface area contributed by atoms with Crippen molar-refractivity contribution >= 4 is 63.0 Å². The molecule has 0 nitrogen and oxygen atoms in total. The summed E-state index contributed by atoms with van der Waals surface area (Å²) < 4.78 is 5.67. The zero-order valence-corrected chi connectivity index (χ0v) is 20.0. The van der Waals surface area contributed by atoms with Crippen LogP contribution in [0.5, 0.6) is 0 Å². The first-order chi connectivity index (χ1) is 15.8. The molecule has 0 atom stereocenters. The molecule has 0 bridgehead atoms. The van der Waals surface area contributed by atoms with Gasteiger partial charge < -0.3 is 0 Å². The Labute approximate surface area is 197 Å². The number of aryl methyl sites for hydroxylation is 1. The van der Waals surface area contributed by atoms with Crippen LogP contribution in [0.15, 0.2) is 78.9 Å². The highest BCUT2D eigenvalue weighted by Crippen LogP contribution is 2.46. The van der Waals surface area contributed by atoms with Gasteiger partial charge in [0.2, 0.25) is 0 Å². The molecule has 0 unspecified atom stereocenters. The van der Waals surface area contributed by atoms with Crippen molar-refractivity contribution in [1.29, 1.82) is 0 Å². The summed E-state index contributed by atoms with van der Waals surface area (Å²) in [7, 11) is 0. The van der Waals surface area contributed by atoms with Crippen molar-refractivity contribution in [3.8, 4) is 11.1 Å². The van der Waals surface area contributed by atoms with Crippen molar-refractivity contribution in [1.82, 2.24) is 0 Å². The van der Waals surface area contributed by atoms with Crippen LogP contribution < -0.4 is 0 Å². The van der Waals surface area contributed by atoms with E-state index in [-0.39, 0.29) is 0 Å². The maximum Gasteiger partial charge on any atom is 0.0542 e. The van der Waals surface area contributed by atoms with E-state index in [1.165, 1.54) is 89.1 Å². The van der Waals surface area contributed by atoms with E-state index in [0.717, 1.165) is 0 Å². The molecule has 0 saturated carbocycles. The monoisotopic (exact) mass is 450 g/mol. The minimum absolute atomic E-state index is 1.19. The van der Waals surface area contributed by atoms with Crippen LogP contribution in [0.2, 0.25) is 0 Å². The summed E-state index contributed by atoms with van der Waals surface area (Å²) in [5, 5.41) is 5.56. The molecule has 2 heteroatoms. The predicted octanol–water partition coefficient (Wildman–Crippen LogP) is 10.2. The minimum Gasteiger partial charge on any atom is -0.134 e. The van der Waals surface area contributed by atoms with E-state index in [1.54, 1.807) is 0 Å². The minimum atomic E-state index is 1.19. The molecule has 0 N–H and O–H groups in total. The third kappa shape index (κ3) is 3.52. The Morgan fingerprint density at radius 1 is 0.594 bits per heavy atom. The molecule has 32 heavy (non-hydrogen) atoms. The molecule has 4 aromatic carbocycles. The summed E-state index contributed by atoms with van der Waals surface area (Å²) in [6.07, 6.45) is 6.47. The fraction of sp³-hybridized carbons (Fsp3) is 0.200. The number of hydrogen-bond donors (Lipinski definition) is 0. The van der Waals surface area contributed by atoms with E-state index >= 15 is 0 Å². The van der Waals surface area contributed by atoms with Crippen molar-refractivity contribution in [2.45, 2.75) is 39.0 Å². The van der Waals surface area contributed by atoms with Gasteiger partial charge in [-0.25, -0.2) is 0 Å². The largest absolute Gasteiger partial charge is 0.134 e. The Bertz CT molecular complexity index is 1550. The molecule has 0 radical (unpaired) electrons. The molecule has 6 aromatic rings. The van der Waals surface area contributed by atoms with Gasteiger partial charge in [0.1, 0.15) is 0 Å². The summed E-state index contributed by atoms with van der Waals surface area (Å²) in [4.78, 5) is 0. The van der Waals surface area contributed by atoms with E-state index in [2.05, 4.69) is 85.8 Å². The fourth-order valence-corrected chi connectivity index (χ4v) is 7.42. The van der Waals surface area contributed by atoms with Crippen LogP contribution in [-0.4, -0.2) is 0 Å². The molecular formula is C30H26S2. The number of benzene rings is 4. The van der Waals surface area contributed by atoms with Crippen LogP contribution in [-0.2, 0) is 6.42 Å². The highest BCUT2D eigenvalue weighted by molar-refractivity contribution is 7.36. The molecule has 6 rings (SSSR count). The van der Waals surface area contributed by atoms with Crippen LogP contribution in [0, 0.1) is 0 Å². The summed E-state index contributed by atoms with van der Waals surface area (Å²) in [6, 6.07) is 29.6. The summed E-state index contributed by atoms with van der Waals surface area (Å²) in [5.41, 5.74) is 4.06. The lowest BCUT2D eigenvalue weighted by molar-refractivity contribution is 0.667. The Morgan fingerprint density at radius 3 is 2.25 bits per heavy atom. The first kappa shape index (κ1) is 20.0. The van der Waals surface area contributed by atoms with Crippen LogP contribution in [0.3, 0.4) is 0 Å². The van der Waals surface area contributed by atoms with Crippen molar-refractivity contribution in [3.05, 3.63) is 84.4 Å². The van der Waals surface area contributed by atoms with E-state index in [4.69, 9.17) is 0 Å². The molecule has 0 fully saturated rings. The Morgan fingerprint density at radius 2 is 1.41 bits per heavy atom. The van der Waals surface area contributed by atoms with E-state index < -0.39 is 0 Å². The molecule has 0 aliphatic heterocycles. The Kier molecular flexibility index (Phi) is 5.21. The maximum absolute atomic E-state index is 2.44. The summed E-state index contributed by atoms with van der Waals surface area (Å²) in [5.74, 6) is 0. The molecule has 0 aliphatic rings. The lowest BCUT2D eigenvalue weighted by Crippen LogP contribution is -1.86. The third-order valence-corrected chi connectivity index (χ3v) is 9.05.